The van der Waals surface area contributed by atoms with Gasteiger partial charge in [-0.1, -0.05) is 54.3 Å². The van der Waals surface area contributed by atoms with Crippen molar-refractivity contribution in [3.8, 4) is 0 Å². The van der Waals surface area contributed by atoms with Crippen LogP contribution in [-0.2, 0) is 11.2 Å². The van der Waals surface area contributed by atoms with E-state index in [9.17, 15) is 14.9 Å². The van der Waals surface area contributed by atoms with Crippen molar-refractivity contribution in [2.75, 3.05) is 16.4 Å². The smallest absolute Gasteiger partial charge is 0.292 e. The SMILES string of the molecule is CCc1ccc(Nc2nnc(SCC(=O)Nc3ccccc3[N+](=O)[O-])s2)cc1. The molecule has 8 nitrogen and oxygen atoms in total. The van der Waals surface area contributed by atoms with Gasteiger partial charge in [-0.25, -0.2) is 0 Å². The number of nitro groups is 1. The summed E-state index contributed by atoms with van der Waals surface area (Å²) < 4.78 is 0.630. The van der Waals surface area contributed by atoms with Crippen LogP contribution in [0.25, 0.3) is 0 Å². The number of nitro benzene ring substituents is 1. The van der Waals surface area contributed by atoms with Crippen molar-refractivity contribution < 1.29 is 9.72 Å². The van der Waals surface area contributed by atoms with Crippen molar-refractivity contribution >= 4 is 51.2 Å². The van der Waals surface area contributed by atoms with Gasteiger partial charge in [-0.2, -0.15) is 0 Å². The average molecular weight is 416 g/mol. The van der Waals surface area contributed by atoms with Crippen LogP contribution in [0.15, 0.2) is 52.9 Å². The van der Waals surface area contributed by atoms with Gasteiger partial charge in [0.1, 0.15) is 5.69 Å². The van der Waals surface area contributed by atoms with E-state index in [1.54, 1.807) is 12.1 Å². The number of nitrogens with zero attached hydrogens (tertiary/aromatic N) is 3. The number of hydrogen-bond donors (Lipinski definition) is 2. The second kappa shape index (κ2) is 9.29. The Kier molecular flexibility index (Phi) is 6.56. The molecule has 28 heavy (non-hydrogen) atoms. The molecule has 144 valence electrons. The summed E-state index contributed by atoms with van der Waals surface area (Å²) in [5, 5.41) is 25.5. The third-order valence-electron chi connectivity index (χ3n) is 3.72. The van der Waals surface area contributed by atoms with E-state index in [1.165, 1.54) is 40.8 Å². The third kappa shape index (κ3) is 5.27. The zero-order chi connectivity index (χ0) is 19.9. The van der Waals surface area contributed by atoms with Crippen LogP contribution in [0.1, 0.15) is 12.5 Å². The van der Waals surface area contributed by atoms with Crippen molar-refractivity contribution in [2.24, 2.45) is 0 Å². The molecule has 0 aliphatic carbocycles. The first kappa shape index (κ1) is 19.8. The number of nitrogens with one attached hydrogen (secondary N) is 2. The van der Waals surface area contributed by atoms with Crippen molar-refractivity contribution in [3.05, 3.63) is 64.2 Å². The molecule has 3 rings (SSSR count). The second-order valence-corrected chi connectivity index (χ2v) is 7.86. The number of carbonyl (C=O) groups is 1. The first-order valence-corrected chi connectivity index (χ1v) is 10.2. The molecule has 0 aliphatic rings. The number of carbonyl (C=O) groups excluding carboxylic acids is 1. The molecule has 0 saturated carbocycles. The molecule has 1 amide bonds. The van der Waals surface area contributed by atoms with E-state index in [1.807, 2.05) is 24.3 Å². The van der Waals surface area contributed by atoms with Gasteiger partial charge in [0.25, 0.3) is 5.69 Å². The Labute approximate surface area is 169 Å². The van der Waals surface area contributed by atoms with Gasteiger partial charge in [0.2, 0.25) is 11.0 Å². The molecule has 2 aromatic carbocycles. The molecule has 0 aliphatic heterocycles. The zero-order valence-electron chi connectivity index (χ0n) is 14.9. The topological polar surface area (TPSA) is 110 Å². The molecule has 0 fully saturated rings. The van der Waals surface area contributed by atoms with E-state index in [4.69, 9.17) is 0 Å². The Morgan fingerprint density at radius 1 is 1.18 bits per heavy atom. The standard InChI is InChI=1S/C18H17N5O3S2/c1-2-12-7-9-13(10-8-12)19-17-21-22-18(28-17)27-11-16(24)20-14-5-3-4-6-15(14)23(25)26/h3-10H,2,11H2,1H3,(H,19,21)(H,20,24). The molecule has 0 saturated heterocycles. The van der Waals surface area contributed by atoms with E-state index < -0.39 is 4.92 Å². The number of thioether (sulfide) groups is 1. The van der Waals surface area contributed by atoms with Crippen LogP contribution in [0.5, 0.6) is 0 Å². The van der Waals surface area contributed by atoms with E-state index in [-0.39, 0.29) is 23.0 Å². The number of hydrogen-bond acceptors (Lipinski definition) is 8. The molecule has 1 heterocycles. The van der Waals surface area contributed by atoms with Crippen LogP contribution in [0.4, 0.5) is 22.2 Å². The van der Waals surface area contributed by atoms with Gasteiger partial charge in [-0.05, 0) is 30.2 Å². The molecular weight excluding hydrogens is 398 g/mol. The Balaban J connectivity index is 1.54. The number of para-hydroxylation sites is 2. The van der Waals surface area contributed by atoms with Crippen LogP contribution >= 0.6 is 23.1 Å². The number of benzene rings is 2. The van der Waals surface area contributed by atoms with Gasteiger partial charge in [-0.3, -0.25) is 14.9 Å². The Morgan fingerprint density at radius 3 is 2.64 bits per heavy atom. The summed E-state index contributed by atoms with van der Waals surface area (Å²) in [6.07, 6.45) is 0.980. The normalized spacial score (nSPS) is 10.5. The Hall–Kier alpha value is -2.98. The van der Waals surface area contributed by atoms with Gasteiger partial charge >= 0.3 is 0 Å². The molecule has 0 radical (unpaired) electrons. The van der Waals surface area contributed by atoms with Gasteiger partial charge in [-0.15, -0.1) is 10.2 Å². The predicted octanol–water partition coefficient (Wildman–Crippen LogP) is 4.48. The molecule has 0 spiro atoms. The summed E-state index contributed by atoms with van der Waals surface area (Å²) in [6.45, 7) is 2.10. The Morgan fingerprint density at radius 2 is 1.93 bits per heavy atom. The number of anilines is 3. The summed E-state index contributed by atoms with van der Waals surface area (Å²) >= 11 is 2.56. The second-order valence-electron chi connectivity index (χ2n) is 5.66. The molecule has 3 aromatic rings. The monoisotopic (exact) mass is 415 g/mol. The molecule has 0 unspecified atom stereocenters. The van der Waals surface area contributed by atoms with Crippen LogP contribution in [0.3, 0.4) is 0 Å². The highest BCUT2D eigenvalue weighted by atomic mass is 32.2. The average Bonchev–Trinajstić information content (AvgIpc) is 3.14. The highest BCUT2D eigenvalue weighted by molar-refractivity contribution is 8.01. The van der Waals surface area contributed by atoms with E-state index in [0.717, 1.165) is 12.1 Å². The molecular formula is C18H17N5O3S2. The fourth-order valence-electron chi connectivity index (χ4n) is 2.32. The van der Waals surface area contributed by atoms with Crippen LogP contribution in [0.2, 0.25) is 0 Å². The number of rotatable bonds is 8. The van der Waals surface area contributed by atoms with Gasteiger partial charge in [0.15, 0.2) is 4.34 Å². The number of aryl methyl sites for hydroxylation is 1. The highest BCUT2D eigenvalue weighted by Crippen LogP contribution is 2.28. The van der Waals surface area contributed by atoms with Crippen molar-refractivity contribution in [2.45, 2.75) is 17.7 Å². The maximum Gasteiger partial charge on any atom is 0.292 e. The van der Waals surface area contributed by atoms with Crippen LogP contribution < -0.4 is 10.6 Å². The quantitative estimate of drug-likeness (QED) is 0.317. The highest BCUT2D eigenvalue weighted by Gasteiger charge is 2.15. The third-order valence-corrected chi connectivity index (χ3v) is 5.69. The van der Waals surface area contributed by atoms with Gasteiger partial charge < -0.3 is 10.6 Å². The van der Waals surface area contributed by atoms with Gasteiger partial charge in [0.05, 0.1) is 10.7 Å². The molecule has 2 N–H and O–H groups in total. The lowest BCUT2D eigenvalue weighted by molar-refractivity contribution is -0.383. The van der Waals surface area contributed by atoms with Crippen molar-refractivity contribution in [1.29, 1.82) is 0 Å². The maximum atomic E-state index is 12.1. The summed E-state index contributed by atoms with van der Waals surface area (Å²) in [7, 11) is 0. The maximum absolute atomic E-state index is 12.1. The van der Waals surface area contributed by atoms with Crippen LogP contribution in [0, 0.1) is 10.1 Å². The van der Waals surface area contributed by atoms with E-state index >= 15 is 0 Å². The first-order chi connectivity index (χ1) is 13.5. The van der Waals surface area contributed by atoms with Gasteiger partial charge in [0, 0.05) is 11.8 Å². The Bertz CT molecular complexity index is 975. The summed E-state index contributed by atoms with van der Waals surface area (Å²) in [5.74, 6) is -0.273. The number of aromatic nitrogens is 2. The summed E-state index contributed by atoms with van der Waals surface area (Å²) in [6, 6.07) is 14.1. The number of amides is 1. The molecule has 10 heteroatoms. The molecule has 1 aromatic heterocycles. The van der Waals surface area contributed by atoms with Crippen molar-refractivity contribution in [3.63, 3.8) is 0 Å². The minimum Gasteiger partial charge on any atom is -0.330 e. The summed E-state index contributed by atoms with van der Waals surface area (Å²) in [4.78, 5) is 22.6. The fraction of sp³-hybridized carbons (Fsp3) is 0.167. The lowest BCUT2D eigenvalue weighted by Crippen LogP contribution is -2.15. The molecule has 0 atom stereocenters. The minimum atomic E-state index is -0.529. The first-order valence-electron chi connectivity index (χ1n) is 8.40. The van der Waals surface area contributed by atoms with E-state index in [2.05, 4.69) is 27.8 Å². The van der Waals surface area contributed by atoms with E-state index in [0.29, 0.717) is 9.47 Å². The van der Waals surface area contributed by atoms with Crippen molar-refractivity contribution in [1.82, 2.24) is 10.2 Å². The lowest BCUT2D eigenvalue weighted by atomic mass is 10.1. The minimum absolute atomic E-state index is 0.0753. The largest absolute Gasteiger partial charge is 0.330 e. The van der Waals surface area contributed by atoms with Crippen LogP contribution in [-0.4, -0.2) is 26.8 Å². The zero-order valence-corrected chi connectivity index (χ0v) is 16.5. The molecule has 0 bridgehead atoms. The summed E-state index contributed by atoms with van der Waals surface area (Å²) in [5.41, 5.74) is 2.20. The predicted molar refractivity (Wildman–Crippen MR) is 111 cm³/mol. The lowest BCUT2D eigenvalue weighted by Gasteiger charge is -2.04. The fourth-order valence-corrected chi connectivity index (χ4v) is 3.89.